The lowest BCUT2D eigenvalue weighted by Gasteiger charge is -2.07. The fourth-order valence-corrected chi connectivity index (χ4v) is 2.93. The van der Waals surface area contributed by atoms with Gasteiger partial charge in [-0.2, -0.15) is 0 Å². The molecule has 0 saturated carbocycles. The second-order valence-corrected chi connectivity index (χ2v) is 6.43. The number of hydrogen-bond acceptors (Lipinski definition) is 2. The summed E-state index contributed by atoms with van der Waals surface area (Å²) in [6.07, 6.45) is 0. The van der Waals surface area contributed by atoms with Crippen LogP contribution in [0.3, 0.4) is 0 Å². The molecule has 0 atom stereocenters. The number of para-hydroxylation sites is 1. The van der Waals surface area contributed by atoms with Crippen LogP contribution in [0.2, 0.25) is 0 Å². The van der Waals surface area contributed by atoms with Crippen LogP contribution < -0.4 is 10.9 Å². The number of anilines is 1. The van der Waals surface area contributed by atoms with Gasteiger partial charge in [-0.3, -0.25) is 14.3 Å². The Morgan fingerprint density at radius 2 is 1.84 bits per heavy atom. The summed E-state index contributed by atoms with van der Waals surface area (Å²) in [6.45, 7) is 1.72. The summed E-state index contributed by atoms with van der Waals surface area (Å²) in [5.41, 5.74) is 0.846. The molecule has 2 aromatic carbocycles. The highest BCUT2D eigenvalue weighted by atomic mass is 79.9. The van der Waals surface area contributed by atoms with Crippen molar-refractivity contribution in [1.82, 2.24) is 9.36 Å². The first-order valence-corrected chi connectivity index (χ1v) is 8.30. The summed E-state index contributed by atoms with van der Waals surface area (Å²) < 4.78 is 17.6. The number of rotatable bonds is 3. The molecule has 0 fully saturated rings. The first kappa shape index (κ1) is 17.2. The van der Waals surface area contributed by atoms with E-state index in [0.29, 0.717) is 15.9 Å². The van der Waals surface area contributed by atoms with E-state index in [-0.39, 0.29) is 16.8 Å². The van der Waals surface area contributed by atoms with Crippen molar-refractivity contribution in [2.75, 3.05) is 5.32 Å². The third kappa shape index (κ3) is 3.15. The van der Waals surface area contributed by atoms with Crippen molar-refractivity contribution >= 4 is 27.5 Å². The third-order valence-corrected chi connectivity index (χ3v) is 4.46. The van der Waals surface area contributed by atoms with Gasteiger partial charge in [0.15, 0.2) is 0 Å². The highest BCUT2D eigenvalue weighted by Gasteiger charge is 2.20. The zero-order valence-electron chi connectivity index (χ0n) is 13.6. The monoisotopic (exact) mass is 403 g/mol. The molecule has 0 aliphatic rings. The molecule has 1 aromatic heterocycles. The summed E-state index contributed by atoms with van der Waals surface area (Å²) in [4.78, 5) is 25.2. The van der Waals surface area contributed by atoms with Gasteiger partial charge in [-0.25, -0.2) is 9.07 Å². The lowest BCUT2D eigenvalue weighted by molar-refractivity contribution is 0.102. The van der Waals surface area contributed by atoms with Crippen molar-refractivity contribution in [2.24, 2.45) is 7.05 Å². The van der Waals surface area contributed by atoms with Gasteiger partial charge >= 0.3 is 0 Å². The SMILES string of the molecule is Cc1c(NC(=O)c2cc(Br)ccc2F)c(=O)n(-c2ccccc2)n1C. The maximum absolute atomic E-state index is 13.9. The molecule has 0 aliphatic heterocycles. The number of nitrogens with one attached hydrogen (secondary N) is 1. The van der Waals surface area contributed by atoms with Gasteiger partial charge < -0.3 is 5.32 Å². The highest BCUT2D eigenvalue weighted by molar-refractivity contribution is 9.10. The second-order valence-electron chi connectivity index (χ2n) is 5.51. The highest BCUT2D eigenvalue weighted by Crippen LogP contribution is 2.19. The van der Waals surface area contributed by atoms with Crippen LogP contribution in [0.4, 0.5) is 10.1 Å². The van der Waals surface area contributed by atoms with Crippen LogP contribution in [0, 0.1) is 12.7 Å². The maximum Gasteiger partial charge on any atom is 0.295 e. The van der Waals surface area contributed by atoms with E-state index in [1.165, 1.54) is 22.9 Å². The van der Waals surface area contributed by atoms with Crippen molar-refractivity contribution in [3.05, 3.63) is 80.4 Å². The number of carbonyl (C=O) groups is 1. The first-order valence-electron chi connectivity index (χ1n) is 7.50. The zero-order chi connectivity index (χ0) is 18.1. The molecule has 0 aliphatic carbocycles. The molecule has 0 unspecified atom stereocenters. The van der Waals surface area contributed by atoms with E-state index in [9.17, 15) is 14.0 Å². The Morgan fingerprint density at radius 3 is 2.52 bits per heavy atom. The van der Waals surface area contributed by atoms with Crippen LogP contribution in [0.25, 0.3) is 5.69 Å². The van der Waals surface area contributed by atoms with Crippen LogP contribution >= 0.6 is 15.9 Å². The smallest absolute Gasteiger partial charge is 0.295 e. The molecular weight excluding hydrogens is 389 g/mol. The molecule has 0 saturated heterocycles. The zero-order valence-corrected chi connectivity index (χ0v) is 15.2. The lowest BCUT2D eigenvalue weighted by Crippen LogP contribution is -2.23. The number of hydrogen-bond donors (Lipinski definition) is 1. The molecule has 1 amide bonds. The Kier molecular flexibility index (Phi) is 4.59. The van der Waals surface area contributed by atoms with Gasteiger partial charge in [0.25, 0.3) is 11.5 Å². The van der Waals surface area contributed by atoms with Crippen molar-refractivity contribution in [3.8, 4) is 5.69 Å². The number of nitrogens with zero attached hydrogens (tertiary/aromatic N) is 2. The summed E-state index contributed by atoms with van der Waals surface area (Å²) in [6, 6.07) is 13.1. The van der Waals surface area contributed by atoms with Gasteiger partial charge in [-0.05, 0) is 37.3 Å². The molecule has 3 rings (SSSR count). The molecule has 0 bridgehead atoms. The van der Waals surface area contributed by atoms with Crippen molar-refractivity contribution in [1.29, 1.82) is 0 Å². The molecule has 7 heteroatoms. The average molecular weight is 404 g/mol. The Hall–Kier alpha value is -2.67. The van der Waals surface area contributed by atoms with Crippen LogP contribution in [0.5, 0.6) is 0 Å². The normalized spacial score (nSPS) is 10.7. The van der Waals surface area contributed by atoms with Gasteiger partial charge in [0.1, 0.15) is 11.5 Å². The minimum absolute atomic E-state index is 0.121. The van der Waals surface area contributed by atoms with E-state index in [4.69, 9.17) is 0 Å². The van der Waals surface area contributed by atoms with E-state index in [1.807, 2.05) is 18.2 Å². The summed E-state index contributed by atoms with van der Waals surface area (Å²) in [7, 11) is 1.72. The Bertz CT molecular complexity index is 1010. The number of halogens is 2. The molecule has 0 spiro atoms. The van der Waals surface area contributed by atoms with Gasteiger partial charge in [0, 0.05) is 11.5 Å². The van der Waals surface area contributed by atoms with Gasteiger partial charge in [0.05, 0.1) is 16.9 Å². The number of benzene rings is 2. The topological polar surface area (TPSA) is 56.0 Å². The Labute approximate surface area is 151 Å². The average Bonchev–Trinajstić information content (AvgIpc) is 2.81. The lowest BCUT2D eigenvalue weighted by atomic mass is 10.2. The third-order valence-electron chi connectivity index (χ3n) is 3.97. The van der Waals surface area contributed by atoms with Crippen LogP contribution in [-0.2, 0) is 7.05 Å². The second kappa shape index (κ2) is 6.68. The maximum atomic E-state index is 13.9. The first-order chi connectivity index (χ1) is 11.9. The number of carbonyl (C=O) groups excluding carboxylic acids is 1. The largest absolute Gasteiger partial charge is 0.316 e. The van der Waals surface area contributed by atoms with Crippen LogP contribution in [0.15, 0.2) is 57.8 Å². The van der Waals surface area contributed by atoms with Crippen LogP contribution in [-0.4, -0.2) is 15.3 Å². The van der Waals surface area contributed by atoms with Crippen molar-refractivity contribution < 1.29 is 9.18 Å². The summed E-state index contributed by atoms with van der Waals surface area (Å²) in [5.74, 6) is -1.33. The predicted octanol–water partition coefficient (Wildman–Crippen LogP) is 3.64. The molecule has 5 nitrogen and oxygen atoms in total. The van der Waals surface area contributed by atoms with Gasteiger partial charge in [-0.1, -0.05) is 34.1 Å². The van der Waals surface area contributed by atoms with E-state index < -0.39 is 11.7 Å². The predicted molar refractivity (Wildman–Crippen MR) is 97.8 cm³/mol. The van der Waals surface area contributed by atoms with Crippen LogP contribution in [0.1, 0.15) is 16.1 Å². The van der Waals surface area contributed by atoms with Crippen molar-refractivity contribution in [2.45, 2.75) is 6.92 Å². The summed E-state index contributed by atoms with van der Waals surface area (Å²) in [5, 5.41) is 2.54. The minimum atomic E-state index is -0.676. The Balaban J connectivity index is 2.03. The molecule has 1 heterocycles. The number of aromatic nitrogens is 2. The fraction of sp³-hybridized carbons (Fsp3) is 0.111. The number of amides is 1. The Morgan fingerprint density at radius 1 is 1.16 bits per heavy atom. The molecular formula is C18H15BrFN3O2. The van der Waals surface area contributed by atoms with Gasteiger partial charge in [-0.15, -0.1) is 0 Å². The fourth-order valence-electron chi connectivity index (χ4n) is 2.56. The molecule has 25 heavy (non-hydrogen) atoms. The molecule has 3 aromatic rings. The quantitative estimate of drug-likeness (QED) is 0.725. The standard InChI is InChI=1S/C18H15BrFN3O2/c1-11-16(21-17(24)14-10-12(19)8-9-15(14)20)18(25)23(22(11)2)13-6-4-3-5-7-13/h3-10H,1-2H3,(H,21,24). The van der Waals surface area contributed by atoms with E-state index in [1.54, 1.807) is 30.8 Å². The minimum Gasteiger partial charge on any atom is -0.316 e. The van der Waals surface area contributed by atoms with E-state index in [0.717, 1.165) is 0 Å². The van der Waals surface area contributed by atoms with Gasteiger partial charge in [0.2, 0.25) is 0 Å². The molecule has 128 valence electrons. The van der Waals surface area contributed by atoms with E-state index >= 15 is 0 Å². The van der Waals surface area contributed by atoms with E-state index in [2.05, 4.69) is 21.2 Å². The molecule has 1 N–H and O–H groups in total. The van der Waals surface area contributed by atoms with Crippen molar-refractivity contribution in [3.63, 3.8) is 0 Å². The molecule has 0 radical (unpaired) electrons. The summed E-state index contributed by atoms with van der Waals surface area (Å²) >= 11 is 3.21.